The van der Waals surface area contributed by atoms with E-state index in [4.69, 9.17) is 4.74 Å². The first-order valence-corrected chi connectivity index (χ1v) is 9.92. The number of ether oxygens (including phenoxy) is 1. The van der Waals surface area contributed by atoms with Crippen LogP contribution in [-0.4, -0.2) is 42.0 Å². The number of carbonyl (C=O) groups excluding carboxylic acids is 2. The standard InChI is InChI=1S/C20H23N3O3S/c1-2-26-12-6-11-21-20-23-19(25)17(27-20)13-18(24)22-16-10-5-8-14-7-3-4-9-15(14)16/h3-5,7-10,17H,2,6,11-13H2,1H3,(H,22,24)(H,21,23,25)/t17-/m1/s1. The van der Waals surface area contributed by atoms with Gasteiger partial charge in [-0.2, -0.15) is 0 Å². The third kappa shape index (κ3) is 5.30. The molecule has 1 saturated heterocycles. The molecular weight excluding hydrogens is 362 g/mol. The van der Waals surface area contributed by atoms with Gasteiger partial charge in [-0.05, 0) is 24.8 Å². The van der Waals surface area contributed by atoms with Crippen molar-refractivity contribution in [1.82, 2.24) is 5.32 Å². The van der Waals surface area contributed by atoms with Crippen molar-refractivity contribution in [1.29, 1.82) is 0 Å². The summed E-state index contributed by atoms with van der Waals surface area (Å²) >= 11 is 1.31. The molecule has 0 saturated carbocycles. The Balaban J connectivity index is 1.55. The summed E-state index contributed by atoms with van der Waals surface area (Å²) in [6.45, 7) is 3.89. The SMILES string of the molecule is CCOCCCN=C1NC(=O)[C@@H](CC(=O)Nc2cccc3ccccc23)S1. The Morgan fingerprint density at radius 1 is 1.26 bits per heavy atom. The van der Waals surface area contributed by atoms with Crippen molar-refractivity contribution in [2.75, 3.05) is 25.1 Å². The summed E-state index contributed by atoms with van der Waals surface area (Å²) in [7, 11) is 0. The summed E-state index contributed by atoms with van der Waals surface area (Å²) in [5.41, 5.74) is 0.756. The number of benzene rings is 2. The highest BCUT2D eigenvalue weighted by molar-refractivity contribution is 8.15. The number of anilines is 1. The second kappa shape index (κ2) is 9.53. The summed E-state index contributed by atoms with van der Waals surface area (Å²) in [6.07, 6.45) is 0.914. The van der Waals surface area contributed by atoms with Gasteiger partial charge < -0.3 is 15.4 Å². The molecule has 0 spiro atoms. The van der Waals surface area contributed by atoms with Crippen LogP contribution in [0.25, 0.3) is 10.8 Å². The Bertz CT molecular complexity index is 848. The van der Waals surface area contributed by atoms with E-state index in [1.54, 1.807) is 0 Å². The number of aliphatic imine (C=N–C) groups is 1. The number of amidine groups is 1. The first kappa shape index (κ1) is 19.4. The zero-order chi connectivity index (χ0) is 19.1. The normalized spacial score (nSPS) is 18.0. The maximum atomic E-state index is 12.4. The van der Waals surface area contributed by atoms with Crippen LogP contribution in [0.15, 0.2) is 47.5 Å². The molecule has 142 valence electrons. The highest BCUT2D eigenvalue weighted by Crippen LogP contribution is 2.25. The van der Waals surface area contributed by atoms with Crippen molar-refractivity contribution in [2.24, 2.45) is 4.99 Å². The van der Waals surface area contributed by atoms with E-state index in [0.29, 0.717) is 24.9 Å². The van der Waals surface area contributed by atoms with Gasteiger partial charge in [0.15, 0.2) is 5.17 Å². The number of nitrogens with zero attached hydrogens (tertiary/aromatic N) is 1. The van der Waals surface area contributed by atoms with Crippen LogP contribution in [0.1, 0.15) is 19.8 Å². The molecule has 1 aliphatic rings. The van der Waals surface area contributed by atoms with E-state index in [-0.39, 0.29) is 18.2 Å². The Kier molecular flexibility index (Phi) is 6.84. The van der Waals surface area contributed by atoms with Crippen LogP contribution in [0, 0.1) is 0 Å². The first-order chi connectivity index (χ1) is 13.2. The molecule has 3 rings (SSSR count). The molecule has 7 heteroatoms. The zero-order valence-corrected chi connectivity index (χ0v) is 16.1. The lowest BCUT2D eigenvalue weighted by Gasteiger charge is -2.10. The maximum absolute atomic E-state index is 12.4. The molecule has 2 N–H and O–H groups in total. The summed E-state index contributed by atoms with van der Waals surface area (Å²) in [6, 6.07) is 13.6. The Hall–Kier alpha value is -2.38. The molecule has 0 aromatic heterocycles. The average Bonchev–Trinajstić information content (AvgIpc) is 3.01. The van der Waals surface area contributed by atoms with Crippen molar-refractivity contribution >= 4 is 45.2 Å². The largest absolute Gasteiger partial charge is 0.382 e. The molecular formula is C20H23N3O3S. The number of rotatable bonds is 8. The molecule has 0 unspecified atom stereocenters. The predicted molar refractivity (Wildman–Crippen MR) is 110 cm³/mol. The molecule has 27 heavy (non-hydrogen) atoms. The zero-order valence-electron chi connectivity index (χ0n) is 15.2. The first-order valence-electron chi connectivity index (χ1n) is 9.04. The summed E-state index contributed by atoms with van der Waals surface area (Å²) in [5, 5.41) is 7.84. The molecule has 2 aromatic rings. The van der Waals surface area contributed by atoms with Gasteiger partial charge in [-0.15, -0.1) is 0 Å². The van der Waals surface area contributed by atoms with Gasteiger partial charge in [0, 0.05) is 37.3 Å². The molecule has 1 aliphatic heterocycles. The Morgan fingerprint density at radius 2 is 2.07 bits per heavy atom. The number of carbonyl (C=O) groups is 2. The monoisotopic (exact) mass is 385 g/mol. The van der Waals surface area contributed by atoms with Gasteiger partial charge >= 0.3 is 0 Å². The molecule has 1 heterocycles. The van der Waals surface area contributed by atoms with E-state index < -0.39 is 5.25 Å². The minimum atomic E-state index is -0.453. The quantitative estimate of drug-likeness (QED) is 0.684. The fourth-order valence-corrected chi connectivity index (χ4v) is 3.81. The van der Waals surface area contributed by atoms with Crippen LogP contribution in [0.2, 0.25) is 0 Å². The second-order valence-corrected chi connectivity index (χ2v) is 7.30. The van der Waals surface area contributed by atoms with Gasteiger partial charge in [-0.25, -0.2) is 0 Å². The minimum Gasteiger partial charge on any atom is -0.382 e. The third-order valence-corrected chi connectivity index (χ3v) is 5.24. The van der Waals surface area contributed by atoms with Gasteiger partial charge in [0.1, 0.15) is 5.25 Å². The minimum absolute atomic E-state index is 0.109. The fraction of sp³-hybridized carbons (Fsp3) is 0.350. The van der Waals surface area contributed by atoms with E-state index in [2.05, 4.69) is 15.6 Å². The van der Waals surface area contributed by atoms with E-state index in [9.17, 15) is 9.59 Å². The Morgan fingerprint density at radius 3 is 2.93 bits per heavy atom. The topological polar surface area (TPSA) is 79.8 Å². The summed E-state index contributed by atoms with van der Waals surface area (Å²) < 4.78 is 5.26. The van der Waals surface area contributed by atoms with Crippen LogP contribution in [0.4, 0.5) is 5.69 Å². The van der Waals surface area contributed by atoms with Crippen LogP contribution >= 0.6 is 11.8 Å². The van der Waals surface area contributed by atoms with Crippen molar-refractivity contribution in [3.8, 4) is 0 Å². The van der Waals surface area contributed by atoms with Gasteiger partial charge in [-0.3, -0.25) is 14.6 Å². The second-order valence-electron chi connectivity index (χ2n) is 6.11. The molecule has 2 aromatic carbocycles. The highest BCUT2D eigenvalue weighted by Gasteiger charge is 2.32. The lowest BCUT2D eigenvalue weighted by molar-refractivity contribution is -0.122. The number of fused-ring (bicyclic) bond motifs is 1. The molecule has 0 bridgehead atoms. The maximum Gasteiger partial charge on any atom is 0.240 e. The molecule has 0 radical (unpaired) electrons. The smallest absolute Gasteiger partial charge is 0.240 e. The number of thioether (sulfide) groups is 1. The third-order valence-electron chi connectivity index (χ3n) is 4.12. The van der Waals surface area contributed by atoms with Crippen LogP contribution in [0.3, 0.4) is 0 Å². The van der Waals surface area contributed by atoms with E-state index >= 15 is 0 Å². The summed E-state index contributed by atoms with van der Waals surface area (Å²) in [5.74, 6) is -0.353. The van der Waals surface area contributed by atoms with Gasteiger partial charge in [0.25, 0.3) is 0 Å². The summed E-state index contributed by atoms with van der Waals surface area (Å²) in [4.78, 5) is 28.9. The molecule has 1 fully saturated rings. The van der Waals surface area contributed by atoms with E-state index in [1.165, 1.54) is 11.8 Å². The number of hydrogen-bond donors (Lipinski definition) is 2. The van der Waals surface area contributed by atoms with Gasteiger partial charge in [0.05, 0.1) is 0 Å². The molecule has 0 aliphatic carbocycles. The number of hydrogen-bond acceptors (Lipinski definition) is 5. The molecule has 1 atom stereocenters. The van der Waals surface area contributed by atoms with E-state index in [0.717, 1.165) is 22.9 Å². The molecule has 2 amide bonds. The van der Waals surface area contributed by atoms with Gasteiger partial charge in [0.2, 0.25) is 11.8 Å². The van der Waals surface area contributed by atoms with Gasteiger partial charge in [-0.1, -0.05) is 48.2 Å². The lowest BCUT2D eigenvalue weighted by atomic mass is 10.1. The van der Waals surface area contributed by atoms with Crippen LogP contribution < -0.4 is 10.6 Å². The van der Waals surface area contributed by atoms with Crippen molar-refractivity contribution in [3.63, 3.8) is 0 Å². The van der Waals surface area contributed by atoms with Crippen molar-refractivity contribution in [2.45, 2.75) is 25.0 Å². The lowest BCUT2D eigenvalue weighted by Crippen LogP contribution is -2.28. The number of nitrogens with one attached hydrogen (secondary N) is 2. The van der Waals surface area contributed by atoms with Crippen LogP contribution in [0.5, 0.6) is 0 Å². The number of amides is 2. The Labute approximate surface area is 162 Å². The average molecular weight is 385 g/mol. The van der Waals surface area contributed by atoms with Crippen molar-refractivity contribution < 1.29 is 14.3 Å². The van der Waals surface area contributed by atoms with Crippen LogP contribution in [-0.2, 0) is 14.3 Å². The highest BCUT2D eigenvalue weighted by atomic mass is 32.2. The molecule has 6 nitrogen and oxygen atoms in total. The van der Waals surface area contributed by atoms with E-state index in [1.807, 2.05) is 49.4 Å². The predicted octanol–water partition coefficient (Wildman–Crippen LogP) is 3.18. The fourth-order valence-electron chi connectivity index (χ4n) is 2.81. The van der Waals surface area contributed by atoms with Crippen molar-refractivity contribution in [3.05, 3.63) is 42.5 Å².